The SMILES string of the molecule is CC(C)(C)OC(=O)CCSCc1cccc(C(=O)Nc2ccc(N3CCCCC3)cc2-c2cc(NCc3cccc(C(F)(F)F)c3)ncn2)c1. The quantitative estimate of drug-likeness (QED) is 0.111. The standard InChI is InChI=1S/C38H42F3N5O3S/c1-37(2,3)49-35(47)15-18-50-24-27-10-7-11-28(19-27)36(48)45-32-14-13-30(46-16-5-4-6-17-46)21-31(32)33-22-34(44-25-43-33)42-23-26-9-8-12-29(20-26)38(39,40)41/h7-14,19-22,25H,4-6,15-18,23-24H2,1-3H3,(H,45,48)(H,42,43,44). The van der Waals surface area contributed by atoms with Crippen LogP contribution in [0.3, 0.4) is 0 Å². The summed E-state index contributed by atoms with van der Waals surface area (Å²) in [7, 11) is 0. The van der Waals surface area contributed by atoms with Crippen LogP contribution in [0.25, 0.3) is 11.3 Å². The molecule has 50 heavy (non-hydrogen) atoms. The number of thioether (sulfide) groups is 1. The van der Waals surface area contributed by atoms with Crippen LogP contribution >= 0.6 is 11.8 Å². The first kappa shape index (κ1) is 36.7. The number of rotatable bonds is 12. The Morgan fingerprint density at radius 2 is 1.66 bits per heavy atom. The van der Waals surface area contributed by atoms with Crippen LogP contribution in [-0.4, -0.2) is 46.3 Å². The Morgan fingerprint density at radius 3 is 2.42 bits per heavy atom. The third-order valence-electron chi connectivity index (χ3n) is 7.97. The Hall–Kier alpha value is -4.58. The van der Waals surface area contributed by atoms with E-state index in [2.05, 4.69) is 25.5 Å². The zero-order valence-corrected chi connectivity index (χ0v) is 29.3. The molecule has 264 valence electrons. The molecule has 1 aromatic heterocycles. The Kier molecular flexibility index (Phi) is 12.0. The van der Waals surface area contributed by atoms with Gasteiger partial charge < -0.3 is 20.3 Å². The monoisotopic (exact) mass is 705 g/mol. The first-order chi connectivity index (χ1) is 23.8. The Morgan fingerprint density at radius 1 is 0.900 bits per heavy atom. The zero-order valence-electron chi connectivity index (χ0n) is 28.5. The van der Waals surface area contributed by atoms with Gasteiger partial charge in [-0.25, -0.2) is 9.97 Å². The fourth-order valence-corrected chi connectivity index (χ4v) is 6.46. The van der Waals surface area contributed by atoms with Crippen LogP contribution in [0.5, 0.6) is 0 Å². The molecule has 0 bridgehead atoms. The molecule has 1 saturated heterocycles. The number of halogens is 3. The van der Waals surface area contributed by atoms with Crippen LogP contribution in [0.1, 0.15) is 73.5 Å². The number of ether oxygens (including phenoxy) is 1. The molecule has 0 unspecified atom stereocenters. The van der Waals surface area contributed by atoms with Gasteiger partial charge in [0.15, 0.2) is 0 Å². The van der Waals surface area contributed by atoms with E-state index >= 15 is 0 Å². The summed E-state index contributed by atoms with van der Waals surface area (Å²) in [6.07, 6.45) is 0.658. The summed E-state index contributed by atoms with van der Waals surface area (Å²) in [4.78, 5) is 36.8. The van der Waals surface area contributed by atoms with Gasteiger partial charge in [-0.2, -0.15) is 24.9 Å². The Bertz CT molecular complexity index is 1790. The van der Waals surface area contributed by atoms with Gasteiger partial charge in [0.05, 0.1) is 23.4 Å². The molecular weight excluding hydrogens is 664 g/mol. The number of hydrogen-bond acceptors (Lipinski definition) is 8. The second-order valence-electron chi connectivity index (χ2n) is 13.2. The number of piperidine rings is 1. The van der Waals surface area contributed by atoms with Crippen LogP contribution in [0, 0.1) is 0 Å². The lowest BCUT2D eigenvalue weighted by Gasteiger charge is -2.29. The van der Waals surface area contributed by atoms with E-state index in [9.17, 15) is 22.8 Å². The molecule has 5 rings (SSSR count). The average Bonchev–Trinajstić information content (AvgIpc) is 3.09. The van der Waals surface area contributed by atoms with Crippen molar-refractivity contribution in [2.45, 2.75) is 70.5 Å². The molecule has 3 aromatic carbocycles. The van der Waals surface area contributed by atoms with Gasteiger partial charge in [-0.15, -0.1) is 0 Å². The van der Waals surface area contributed by atoms with Gasteiger partial charge in [0.2, 0.25) is 0 Å². The van der Waals surface area contributed by atoms with E-state index in [0.717, 1.165) is 49.3 Å². The van der Waals surface area contributed by atoms with E-state index in [1.165, 1.54) is 18.8 Å². The second kappa shape index (κ2) is 16.4. The van der Waals surface area contributed by atoms with Crippen LogP contribution in [-0.2, 0) is 28.0 Å². The summed E-state index contributed by atoms with van der Waals surface area (Å²) < 4.78 is 45.1. The summed E-state index contributed by atoms with van der Waals surface area (Å²) in [5.74, 6) is 1.16. The lowest BCUT2D eigenvalue weighted by molar-refractivity contribution is -0.154. The lowest BCUT2D eigenvalue weighted by Crippen LogP contribution is -2.29. The van der Waals surface area contributed by atoms with Gasteiger partial charge in [-0.3, -0.25) is 9.59 Å². The van der Waals surface area contributed by atoms with Crippen molar-refractivity contribution in [3.05, 3.63) is 101 Å². The van der Waals surface area contributed by atoms with E-state index in [1.54, 1.807) is 30.0 Å². The summed E-state index contributed by atoms with van der Waals surface area (Å²) in [6.45, 7) is 7.53. The molecule has 0 atom stereocenters. The van der Waals surface area contributed by atoms with Crippen molar-refractivity contribution >= 4 is 40.8 Å². The Balaban J connectivity index is 1.32. The summed E-state index contributed by atoms with van der Waals surface area (Å²) in [5, 5.41) is 6.18. The number of hydrogen-bond donors (Lipinski definition) is 2. The highest BCUT2D eigenvalue weighted by molar-refractivity contribution is 7.98. The van der Waals surface area contributed by atoms with Crippen LogP contribution in [0.4, 0.5) is 30.4 Å². The van der Waals surface area contributed by atoms with E-state index in [0.29, 0.717) is 51.8 Å². The largest absolute Gasteiger partial charge is 0.460 e. The third kappa shape index (κ3) is 10.7. The maximum Gasteiger partial charge on any atom is 0.416 e. The number of benzene rings is 3. The molecule has 1 aliphatic rings. The summed E-state index contributed by atoms with van der Waals surface area (Å²) in [5.41, 5.74) is 3.51. The number of nitrogens with one attached hydrogen (secondary N) is 2. The summed E-state index contributed by atoms with van der Waals surface area (Å²) >= 11 is 1.60. The van der Waals surface area contributed by atoms with Gasteiger partial charge in [-0.1, -0.05) is 24.3 Å². The van der Waals surface area contributed by atoms with Crippen molar-refractivity contribution in [3.63, 3.8) is 0 Å². The van der Waals surface area contributed by atoms with Gasteiger partial charge in [0.25, 0.3) is 5.91 Å². The topological polar surface area (TPSA) is 96.5 Å². The van der Waals surface area contributed by atoms with E-state index < -0.39 is 17.3 Å². The minimum absolute atomic E-state index is 0.132. The van der Waals surface area contributed by atoms with Crippen LogP contribution in [0.2, 0.25) is 0 Å². The highest BCUT2D eigenvalue weighted by Gasteiger charge is 2.30. The second-order valence-corrected chi connectivity index (χ2v) is 14.3. The van der Waals surface area contributed by atoms with Crippen molar-refractivity contribution in [1.82, 2.24) is 9.97 Å². The van der Waals surface area contributed by atoms with Crippen molar-refractivity contribution < 1.29 is 27.5 Å². The Labute approximate surface area is 295 Å². The van der Waals surface area contributed by atoms with Crippen molar-refractivity contribution in [2.24, 2.45) is 0 Å². The number of amides is 1. The molecule has 1 amide bonds. The van der Waals surface area contributed by atoms with Crippen molar-refractivity contribution in [1.29, 1.82) is 0 Å². The maximum atomic E-state index is 13.6. The number of aromatic nitrogens is 2. The molecule has 0 aliphatic carbocycles. The molecule has 2 heterocycles. The van der Waals surface area contributed by atoms with E-state index in [4.69, 9.17) is 4.74 Å². The number of nitrogens with zero attached hydrogens (tertiary/aromatic N) is 3. The smallest absolute Gasteiger partial charge is 0.416 e. The molecule has 4 aromatic rings. The van der Waals surface area contributed by atoms with E-state index in [-0.39, 0.29) is 18.4 Å². The van der Waals surface area contributed by atoms with Gasteiger partial charge in [0.1, 0.15) is 17.7 Å². The molecule has 8 nitrogen and oxygen atoms in total. The van der Waals surface area contributed by atoms with Crippen molar-refractivity contribution in [3.8, 4) is 11.3 Å². The zero-order chi connectivity index (χ0) is 35.7. The number of carbonyl (C=O) groups is 2. The van der Waals surface area contributed by atoms with Crippen LogP contribution < -0.4 is 15.5 Å². The first-order valence-corrected chi connectivity index (χ1v) is 17.8. The predicted molar refractivity (Wildman–Crippen MR) is 193 cm³/mol. The summed E-state index contributed by atoms with van der Waals surface area (Å²) in [6, 6.07) is 20.2. The number of anilines is 3. The lowest BCUT2D eigenvalue weighted by atomic mass is 10.0. The van der Waals surface area contributed by atoms with E-state index in [1.807, 2.05) is 57.2 Å². The predicted octanol–water partition coefficient (Wildman–Crippen LogP) is 8.98. The maximum absolute atomic E-state index is 13.6. The molecule has 0 spiro atoms. The normalized spacial score (nSPS) is 13.5. The fraction of sp³-hybridized carbons (Fsp3) is 0.368. The van der Waals surface area contributed by atoms with Crippen LogP contribution in [0.15, 0.2) is 79.1 Å². The molecule has 2 N–H and O–H groups in total. The number of alkyl halides is 3. The first-order valence-electron chi connectivity index (χ1n) is 16.7. The number of esters is 1. The molecule has 0 saturated carbocycles. The molecular formula is C38H42F3N5O3S. The minimum atomic E-state index is -4.43. The van der Waals surface area contributed by atoms with Gasteiger partial charge in [0, 0.05) is 54.0 Å². The average molecular weight is 706 g/mol. The van der Waals surface area contributed by atoms with Gasteiger partial charge >= 0.3 is 12.1 Å². The third-order valence-corrected chi connectivity index (χ3v) is 9.00. The van der Waals surface area contributed by atoms with Crippen molar-refractivity contribution in [2.75, 3.05) is 34.4 Å². The van der Waals surface area contributed by atoms with Gasteiger partial charge in [-0.05, 0) is 93.6 Å². The fourth-order valence-electron chi connectivity index (χ4n) is 5.59. The highest BCUT2D eigenvalue weighted by Crippen LogP contribution is 2.34. The minimum Gasteiger partial charge on any atom is -0.460 e. The molecule has 12 heteroatoms. The molecule has 1 aliphatic heterocycles. The molecule has 1 fully saturated rings. The molecule has 0 radical (unpaired) electrons. The highest BCUT2D eigenvalue weighted by atomic mass is 32.2. The number of carbonyl (C=O) groups excluding carboxylic acids is 2.